The van der Waals surface area contributed by atoms with Gasteiger partial charge in [-0.1, -0.05) is 12.1 Å². The lowest BCUT2D eigenvalue weighted by Gasteiger charge is -2.32. The van der Waals surface area contributed by atoms with Crippen LogP contribution in [0.15, 0.2) is 34.2 Å². The fraction of sp³-hybridized carbons (Fsp3) is 0.556. The summed E-state index contributed by atoms with van der Waals surface area (Å²) in [7, 11) is -3.59. The molecule has 1 amide bonds. The molecule has 2 N–H and O–H groups in total. The summed E-state index contributed by atoms with van der Waals surface area (Å²) in [5.74, 6) is 0.202. The quantitative estimate of drug-likeness (QED) is 0.733. The van der Waals surface area contributed by atoms with E-state index in [4.69, 9.17) is 0 Å². The number of hydrogen-bond acceptors (Lipinski definition) is 6. The van der Waals surface area contributed by atoms with Gasteiger partial charge in [0.05, 0.1) is 4.90 Å². The topological polar surface area (TPSA) is 94.1 Å². The van der Waals surface area contributed by atoms with Gasteiger partial charge in [0.15, 0.2) is 0 Å². The van der Waals surface area contributed by atoms with Gasteiger partial charge in [0.1, 0.15) is 11.9 Å². The molecule has 0 radical (unpaired) electrons. The van der Waals surface area contributed by atoms with Crippen LogP contribution in [0.1, 0.15) is 18.9 Å². The molecule has 27 heavy (non-hydrogen) atoms. The van der Waals surface area contributed by atoms with E-state index in [0.29, 0.717) is 11.6 Å². The predicted octanol–water partition coefficient (Wildman–Crippen LogP) is -0.380. The van der Waals surface area contributed by atoms with Crippen molar-refractivity contribution in [2.45, 2.75) is 30.3 Å². The molecule has 0 aromatic heterocycles. The monoisotopic (exact) mass is 391 g/mol. The Hall–Kier alpha value is -1.97. The molecule has 3 aliphatic rings. The molecule has 146 valence electrons. The van der Waals surface area contributed by atoms with E-state index >= 15 is 0 Å². The van der Waals surface area contributed by atoms with Gasteiger partial charge in [-0.3, -0.25) is 19.4 Å². The average molecular weight is 391 g/mol. The molecule has 0 aliphatic carbocycles. The molecule has 8 nitrogen and oxygen atoms in total. The maximum Gasteiger partial charge on any atom is 0.263 e. The van der Waals surface area contributed by atoms with Gasteiger partial charge in [-0.05, 0) is 25.5 Å². The summed E-state index contributed by atoms with van der Waals surface area (Å²) in [6.07, 6.45) is 0.977. The van der Waals surface area contributed by atoms with Crippen molar-refractivity contribution in [2.24, 2.45) is 4.99 Å². The van der Waals surface area contributed by atoms with Crippen molar-refractivity contribution in [1.29, 1.82) is 0 Å². The number of sulfonamides is 1. The first-order valence-corrected chi connectivity index (χ1v) is 10.9. The first-order valence-electron chi connectivity index (χ1n) is 9.39. The zero-order chi connectivity index (χ0) is 19.0. The number of amidine groups is 1. The minimum Gasteiger partial charge on any atom is -0.339 e. The first kappa shape index (κ1) is 18.4. The summed E-state index contributed by atoms with van der Waals surface area (Å²) >= 11 is 0. The van der Waals surface area contributed by atoms with Crippen molar-refractivity contribution in [3.63, 3.8) is 0 Å². The Kier molecular flexibility index (Phi) is 4.92. The molecule has 2 saturated heterocycles. The van der Waals surface area contributed by atoms with E-state index < -0.39 is 16.1 Å². The van der Waals surface area contributed by atoms with Gasteiger partial charge in [0.25, 0.3) is 10.0 Å². The Morgan fingerprint density at radius 2 is 1.96 bits per heavy atom. The summed E-state index contributed by atoms with van der Waals surface area (Å²) in [5, 5.41) is 3.35. The van der Waals surface area contributed by atoms with Gasteiger partial charge in [-0.15, -0.1) is 0 Å². The molecule has 0 spiro atoms. The third-order valence-electron chi connectivity index (χ3n) is 5.49. The summed E-state index contributed by atoms with van der Waals surface area (Å²) in [5.41, 5.74) is 0.525. The van der Waals surface area contributed by atoms with E-state index in [1.165, 1.54) is 0 Å². The lowest BCUT2D eigenvalue weighted by Crippen LogP contribution is -2.49. The third kappa shape index (κ3) is 3.59. The second-order valence-corrected chi connectivity index (χ2v) is 8.92. The van der Waals surface area contributed by atoms with Crippen LogP contribution in [-0.4, -0.2) is 81.3 Å². The first-order chi connectivity index (χ1) is 13.0. The molecule has 2 fully saturated rings. The number of piperazine rings is 1. The summed E-state index contributed by atoms with van der Waals surface area (Å²) in [4.78, 5) is 21.8. The van der Waals surface area contributed by atoms with Crippen LogP contribution in [0, 0.1) is 0 Å². The zero-order valence-corrected chi connectivity index (χ0v) is 16.2. The lowest BCUT2D eigenvalue weighted by atomic mass is 10.2. The third-order valence-corrected chi connectivity index (χ3v) is 6.88. The molecule has 0 bridgehead atoms. The number of aliphatic imine (C=N–C) groups is 1. The van der Waals surface area contributed by atoms with Crippen LogP contribution in [0.2, 0.25) is 0 Å². The minimum atomic E-state index is -3.59. The SMILES string of the molecule is CC(N=C1NS(=O)(=O)c2ccccc21)C(=O)N1CCC(N2CCNCC2)C1. The highest BCUT2D eigenvalue weighted by Crippen LogP contribution is 2.23. The molecular weight excluding hydrogens is 366 g/mol. The zero-order valence-electron chi connectivity index (χ0n) is 15.4. The van der Waals surface area contributed by atoms with E-state index in [2.05, 4.69) is 19.9 Å². The van der Waals surface area contributed by atoms with E-state index in [1.807, 2.05) is 4.90 Å². The molecule has 3 aliphatic heterocycles. The molecule has 1 aromatic rings. The molecule has 0 saturated carbocycles. The Bertz CT molecular complexity index is 864. The van der Waals surface area contributed by atoms with Crippen LogP contribution >= 0.6 is 0 Å². The minimum absolute atomic E-state index is 0.0521. The van der Waals surface area contributed by atoms with Crippen molar-refractivity contribution >= 4 is 21.8 Å². The number of nitrogens with zero attached hydrogens (tertiary/aromatic N) is 3. The smallest absolute Gasteiger partial charge is 0.263 e. The largest absolute Gasteiger partial charge is 0.339 e. The Morgan fingerprint density at radius 1 is 1.22 bits per heavy atom. The summed E-state index contributed by atoms with van der Waals surface area (Å²) in [6, 6.07) is 6.47. The van der Waals surface area contributed by atoms with E-state index in [1.54, 1.807) is 31.2 Å². The van der Waals surface area contributed by atoms with Crippen LogP contribution in [0.25, 0.3) is 0 Å². The molecule has 3 heterocycles. The average Bonchev–Trinajstić information content (AvgIpc) is 3.26. The second-order valence-electron chi connectivity index (χ2n) is 7.27. The van der Waals surface area contributed by atoms with Crippen LogP contribution in [0.4, 0.5) is 0 Å². The fourth-order valence-corrected chi connectivity index (χ4v) is 5.27. The van der Waals surface area contributed by atoms with Gasteiger partial charge in [0.2, 0.25) is 5.91 Å². The molecule has 9 heteroatoms. The van der Waals surface area contributed by atoms with E-state index in [0.717, 1.165) is 45.7 Å². The summed E-state index contributed by atoms with van der Waals surface area (Å²) in [6.45, 7) is 7.19. The van der Waals surface area contributed by atoms with Crippen molar-refractivity contribution in [2.75, 3.05) is 39.3 Å². The number of hydrogen-bond donors (Lipinski definition) is 2. The summed E-state index contributed by atoms with van der Waals surface area (Å²) < 4.78 is 26.9. The predicted molar refractivity (Wildman–Crippen MR) is 102 cm³/mol. The van der Waals surface area contributed by atoms with Crippen LogP contribution < -0.4 is 10.0 Å². The number of likely N-dealkylation sites (tertiary alicyclic amines) is 1. The van der Waals surface area contributed by atoms with Crippen LogP contribution in [0.3, 0.4) is 0 Å². The standard InChI is InChI=1S/C18H25N5O3S/c1-13(20-17-15-4-2-3-5-16(15)27(25,26)21-17)18(24)23-9-6-14(12-23)22-10-7-19-8-11-22/h2-5,13-14,19H,6-12H2,1H3,(H,20,21). The number of rotatable bonds is 3. The number of carbonyl (C=O) groups excluding carboxylic acids is 1. The Labute approximate surface area is 159 Å². The van der Waals surface area contributed by atoms with Gasteiger partial charge in [-0.25, -0.2) is 8.42 Å². The molecule has 4 rings (SSSR count). The van der Waals surface area contributed by atoms with Crippen molar-refractivity contribution in [3.8, 4) is 0 Å². The number of carbonyl (C=O) groups is 1. The van der Waals surface area contributed by atoms with Gasteiger partial charge >= 0.3 is 0 Å². The number of amides is 1. The fourth-order valence-electron chi connectivity index (χ4n) is 4.03. The van der Waals surface area contributed by atoms with Crippen molar-refractivity contribution < 1.29 is 13.2 Å². The highest BCUT2D eigenvalue weighted by molar-refractivity contribution is 7.90. The highest BCUT2D eigenvalue weighted by atomic mass is 32.2. The lowest BCUT2D eigenvalue weighted by molar-refractivity contribution is -0.131. The van der Waals surface area contributed by atoms with Crippen molar-refractivity contribution in [3.05, 3.63) is 29.8 Å². The molecular formula is C18H25N5O3S. The normalized spacial score (nSPS) is 27.4. The Balaban J connectivity index is 1.45. The maximum atomic E-state index is 12.8. The number of nitrogens with one attached hydrogen (secondary N) is 2. The molecule has 2 atom stereocenters. The molecule has 2 unspecified atom stereocenters. The highest BCUT2D eigenvalue weighted by Gasteiger charge is 2.34. The van der Waals surface area contributed by atoms with Crippen molar-refractivity contribution in [1.82, 2.24) is 19.8 Å². The number of fused-ring (bicyclic) bond motifs is 1. The van der Waals surface area contributed by atoms with Gasteiger partial charge in [0, 0.05) is 50.9 Å². The van der Waals surface area contributed by atoms with Gasteiger partial charge < -0.3 is 10.2 Å². The second kappa shape index (κ2) is 7.21. The number of benzene rings is 1. The van der Waals surface area contributed by atoms with E-state index in [9.17, 15) is 13.2 Å². The maximum absolute atomic E-state index is 12.8. The molecule has 1 aromatic carbocycles. The Morgan fingerprint density at radius 3 is 2.74 bits per heavy atom. The van der Waals surface area contributed by atoms with E-state index in [-0.39, 0.29) is 16.6 Å². The van der Waals surface area contributed by atoms with Crippen LogP contribution in [-0.2, 0) is 14.8 Å². The van der Waals surface area contributed by atoms with Gasteiger partial charge in [-0.2, -0.15) is 0 Å². The van der Waals surface area contributed by atoms with Crippen LogP contribution in [0.5, 0.6) is 0 Å².